The van der Waals surface area contributed by atoms with E-state index < -0.39 is 10.8 Å². The monoisotopic (exact) mass is 425 g/mol. The largest absolute Gasteiger partial charge is 0.493 e. The Morgan fingerprint density at radius 1 is 1.10 bits per heavy atom. The van der Waals surface area contributed by atoms with Gasteiger partial charge in [0.15, 0.2) is 11.5 Å². The zero-order valence-electron chi connectivity index (χ0n) is 17.6. The van der Waals surface area contributed by atoms with E-state index in [1.165, 1.54) is 5.56 Å². The van der Waals surface area contributed by atoms with Gasteiger partial charge >= 0.3 is 0 Å². The summed E-state index contributed by atoms with van der Waals surface area (Å²) in [5, 5.41) is 0. The molecule has 158 valence electrons. The smallest absolute Gasteiger partial charge is 0.161 e. The van der Waals surface area contributed by atoms with Crippen LogP contribution in [0.25, 0.3) is 0 Å². The van der Waals surface area contributed by atoms with Crippen molar-refractivity contribution < 1.29 is 18.1 Å². The maximum atomic E-state index is 13.3. The van der Waals surface area contributed by atoms with Gasteiger partial charge in [0.1, 0.15) is 5.76 Å². The summed E-state index contributed by atoms with van der Waals surface area (Å²) in [6, 6.07) is 15.9. The highest BCUT2D eigenvalue weighted by Gasteiger charge is 2.31. The lowest BCUT2D eigenvalue weighted by atomic mass is 9.92. The second kappa shape index (κ2) is 9.06. The predicted molar refractivity (Wildman–Crippen MR) is 118 cm³/mol. The van der Waals surface area contributed by atoms with Gasteiger partial charge in [-0.2, -0.15) is 0 Å². The second-order valence-corrected chi connectivity index (χ2v) is 9.04. The standard InChI is InChI=1S/C24H27NO4S/c1-17-6-8-20(9-7-17)30(26)16-22-21-14-24(28-3)23(27-2)13-18(21)10-11-25(22)15-19-5-4-12-29-19/h4-9,12-14,22H,10-11,15-16H2,1-3H3/t22-,30+/m0/s1. The van der Waals surface area contributed by atoms with Gasteiger partial charge in [0, 0.05) is 23.2 Å². The Balaban J connectivity index is 1.69. The van der Waals surface area contributed by atoms with Crippen LogP contribution in [0.1, 0.15) is 28.5 Å². The van der Waals surface area contributed by atoms with Crippen LogP contribution in [-0.2, 0) is 23.8 Å². The average Bonchev–Trinajstić information content (AvgIpc) is 3.28. The minimum Gasteiger partial charge on any atom is -0.493 e. The van der Waals surface area contributed by atoms with E-state index in [1.807, 2.05) is 49.4 Å². The molecule has 0 aliphatic carbocycles. The van der Waals surface area contributed by atoms with Crippen molar-refractivity contribution in [1.82, 2.24) is 4.90 Å². The van der Waals surface area contributed by atoms with Crippen LogP contribution in [0.2, 0.25) is 0 Å². The number of methoxy groups -OCH3 is 2. The molecule has 5 nitrogen and oxygen atoms in total. The lowest BCUT2D eigenvalue weighted by Crippen LogP contribution is -2.37. The summed E-state index contributed by atoms with van der Waals surface area (Å²) in [5.74, 6) is 2.84. The average molecular weight is 426 g/mol. The molecule has 0 saturated carbocycles. The van der Waals surface area contributed by atoms with Gasteiger partial charge in [0.05, 0.1) is 37.8 Å². The van der Waals surface area contributed by atoms with E-state index in [2.05, 4.69) is 11.0 Å². The normalized spacial score (nSPS) is 17.4. The number of fused-ring (bicyclic) bond motifs is 1. The molecule has 0 fully saturated rings. The van der Waals surface area contributed by atoms with E-state index in [-0.39, 0.29) is 6.04 Å². The van der Waals surface area contributed by atoms with Crippen LogP contribution in [0, 0.1) is 6.92 Å². The molecule has 1 aliphatic heterocycles. The Labute approximate surface area is 180 Å². The lowest BCUT2D eigenvalue weighted by molar-refractivity contribution is 0.177. The number of hydrogen-bond donors (Lipinski definition) is 0. The first kappa shape index (κ1) is 20.7. The maximum absolute atomic E-state index is 13.3. The highest BCUT2D eigenvalue weighted by Crippen LogP contribution is 2.39. The van der Waals surface area contributed by atoms with Gasteiger partial charge in [0.2, 0.25) is 0 Å². The molecule has 2 aromatic carbocycles. The van der Waals surface area contributed by atoms with Crippen LogP contribution < -0.4 is 9.47 Å². The van der Waals surface area contributed by atoms with E-state index in [4.69, 9.17) is 13.9 Å². The van der Waals surface area contributed by atoms with Crippen molar-refractivity contribution in [3.8, 4) is 11.5 Å². The molecule has 6 heteroatoms. The van der Waals surface area contributed by atoms with E-state index in [1.54, 1.807) is 20.5 Å². The van der Waals surface area contributed by atoms with E-state index in [0.717, 1.165) is 40.5 Å². The number of nitrogens with zero attached hydrogens (tertiary/aromatic N) is 1. The fourth-order valence-electron chi connectivity index (χ4n) is 4.00. The Bertz CT molecular complexity index is 1010. The Morgan fingerprint density at radius 3 is 2.50 bits per heavy atom. The zero-order chi connectivity index (χ0) is 21.1. The first-order valence-corrected chi connectivity index (χ1v) is 11.4. The predicted octanol–water partition coefficient (Wildman–Crippen LogP) is 4.51. The van der Waals surface area contributed by atoms with Crippen LogP contribution in [0.15, 0.2) is 64.1 Å². The van der Waals surface area contributed by atoms with Crippen LogP contribution in [0.5, 0.6) is 11.5 Å². The van der Waals surface area contributed by atoms with E-state index in [9.17, 15) is 4.21 Å². The molecule has 0 bridgehead atoms. The first-order chi connectivity index (χ1) is 14.6. The van der Waals surface area contributed by atoms with Crippen molar-refractivity contribution in [3.05, 3.63) is 77.2 Å². The summed E-state index contributed by atoms with van der Waals surface area (Å²) in [6.45, 7) is 3.57. The molecule has 0 amide bonds. The second-order valence-electron chi connectivity index (χ2n) is 7.55. The number of hydrogen-bond acceptors (Lipinski definition) is 5. The third-order valence-corrected chi connectivity index (χ3v) is 7.06. The summed E-state index contributed by atoms with van der Waals surface area (Å²) in [6.07, 6.45) is 2.59. The van der Waals surface area contributed by atoms with Gasteiger partial charge in [-0.15, -0.1) is 0 Å². The molecule has 2 atom stereocenters. The highest BCUT2D eigenvalue weighted by molar-refractivity contribution is 7.85. The first-order valence-electron chi connectivity index (χ1n) is 10.1. The number of ether oxygens (including phenoxy) is 2. The molecular formula is C24H27NO4S. The van der Waals surface area contributed by atoms with Gasteiger partial charge in [-0.3, -0.25) is 9.11 Å². The quantitative estimate of drug-likeness (QED) is 0.557. The third-order valence-electron chi connectivity index (χ3n) is 5.65. The van der Waals surface area contributed by atoms with Gasteiger partial charge in [0.25, 0.3) is 0 Å². The zero-order valence-corrected chi connectivity index (χ0v) is 18.4. The topological polar surface area (TPSA) is 51.9 Å². The molecule has 3 aromatic rings. The third kappa shape index (κ3) is 4.30. The maximum Gasteiger partial charge on any atom is 0.161 e. The minimum atomic E-state index is -1.13. The molecule has 1 aliphatic rings. The molecule has 30 heavy (non-hydrogen) atoms. The van der Waals surface area contributed by atoms with Gasteiger partial charge in [-0.25, -0.2) is 0 Å². The summed E-state index contributed by atoms with van der Waals surface area (Å²) in [4.78, 5) is 3.20. The van der Waals surface area contributed by atoms with Gasteiger partial charge in [-0.1, -0.05) is 17.7 Å². The van der Waals surface area contributed by atoms with Gasteiger partial charge in [-0.05, 0) is 60.9 Å². The summed E-state index contributed by atoms with van der Waals surface area (Å²) < 4.78 is 29.9. The number of aryl methyl sites for hydroxylation is 1. The molecule has 0 unspecified atom stereocenters. The SMILES string of the molecule is COc1cc2c(cc1OC)[C@H](C[S@@](=O)c1ccc(C)cc1)N(Cc1ccco1)CC2. The number of benzene rings is 2. The van der Waals surface area contributed by atoms with Gasteiger partial charge < -0.3 is 13.9 Å². The van der Waals surface area contributed by atoms with E-state index in [0.29, 0.717) is 18.0 Å². The lowest BCUT2D eigenvalue weighted by Gasteiger charge is -2.37. The van der Waals surface area contributed by atoms with Crippen LogP contribution in [0.4, 0.5) is 0 Å². The van der Waals surface area contributed by atoms with Crippen molar-refractivity contribution in [2.45, 2.75) is 30.8 Å². The van der Waals surface area contributed by atoms with Crippen molar-refractivity contribution in [1.29, 1.82) is 0 Å². The van der Waals surface area contributed by atoms with Crippen molar-refractivity contribution in [3.63, 3.8) is 0 Å². The molecule has 0 radical (unpaired) electrons. The highest BCUT2D eigenvalue weighted by atomic mass is 32.2. The fourth-order valence-corrected chi connectivity index (χ4v) is 5.31. The molecule has 0 N–H and O–H groups in total. The molecule has 1 aromatic heterocycles. The number of furan rings is 1. The van der Waals surface area contributed by atoms with Crippen LogP contribution >= 0.6 is 0 Å². The molecular weight excluding hydrogens is 398 g/mol. The Morgan fingerprint density at radius 2 is 1.83 bits per heavy atom. The van der Waals surface area contributed by atoms with Crippen LogP contribution in [-0.4, -0.2) is 35.6 Å². The fraction of sp³-hybridized carbons (Fsp3) is 0.333. The molecule has 4 rings (SSSR count). The summed E-state index contributed by atoms with van der Waals surface area (Å²) in [5.41, 5.74) is 3.52. The Kier molecular flexibility index (Phi) is 6.25. The van der Waals surface area contributed by atoms with Crippen molar-refractivity contribution in [2.75, 3.05) is 26.5 Å². The summed E-state index contributed by atoms with van der Waals surface area (Å²) in [7, 11) is 2.17. The number of rotatable bonds is 7. The molecule has 0 saturated heterocycles. The van der Waals surface area contributed by atoms with E-state index >= 15 is 0 Å². The minimum absolute atomic E-state index is 0.0132. The Hall–Kier alpha value is -2.57. The molecule has 2 heterocycles. The summed E-state index contributed by atoms with van der Waals surface area (Å²) >= 11 is 0. The molecule has 0 spiro atoms. The van der Waals surface area contributed by atoms with Crippen LogP contribution in [0.3, 0.4) is 0 Å². The van der Waals surface area contributed by atoms with Crippen molar-refractivity contribution in [2.24, 2.45) is 0 Å². The van der Waals surface area contributed by atoms with Crippen molar-refractivity contribution >= 4 is 10.8 Å².